The van der Waals surface area contributed by atoms with Gasteiger partial charge in [0.1, 0.15) is 0 Å². The zero-order chi connectivity index (χ0) is 19.1. The average Bonchev–Trinajstić information content (AvgIpc) is 3.26. The summed E-state index contributed by atoms with van der Waals surface area (Å²) in [7, 11) is 1.77. The Balaban J connectivity index is 0.00000280. The summed E-state index contributed by atoms with van der Waals surface area (Å²) in [6, 6.07) is 14.5. The van der Waals surface area contributed by atoms with Gasteiger partial charge in [-0.3, -0.25) is 9.79 Å². The van der Waals surface area contributed by atoms with Gasteiger partial charge in [0.25, 0.3) is 0 Å². The van der Waals surface area contributed by atoms with E-state index in [0.717, 1.165) is 42.3 Å². The van der Waals surface area contributed by atoms with Gasteiger partial charge in [-0.15, -0.1) is 35.3 Å². The lowest BCUT2D eigenvalue weighted by molar-refractivity contribution is -0.127. The summed E-state index contributed by atoms with van der Waals surface area (Å²) in [6.45, 7) is 3.09. The molecule has 0 radical (unpaired) electrons. The van der Waals surface area contributed by atoms with Crippen LogP contribution < -0.4 is 10.6 Å². The highest BCUT2D eigenvalue weighted by Crippen LogP contribution is 2.21. The SMILES string of the molecule is CN=C(NCc1ccc(Br)s1)NCC1CC(=O)N(CCc2ccccc2)C1.I. The van der Waals surface area contributed by atoms with Crippen LogP contribution in [0.4, 0.5) is 0 Å². The number of aliphatic imine (C=N–C) groups is 1. The van der Waals surface area contributed by atoms with Gasteiger partial charge < -0.3 is 15.5 Å². The maximum Gasteiger partial charge on any atom is 0.223 e. The van der Waals surface area contributed by atoms with E-state index in [1.54, 1.807) is 18.4 Å². The number of rotatable bonds is 7. The summed E-state index contributed by atoms with van der Waals surface area (Å²) >= 11 is 5.19. The third-order valence-corrected chi connectivity index (χ3v) is 6.27. The van der Waals surface area contributed by atoms with Crippen molar-refractivity contribution in [2.45, 2.75) is 19.4 Å². The molecule has 152 valence electrons. The molecule has 1 aliphatic rings. The Kier molecular flexibility index (Phi) is 9.73. The number of nitrogens with one attached hydrogen (secondary N) is 2. The van der Waals surface area contributed by atoms with Gasteiger partial charge >= 0.3 is 0 Å². The molecule has 1 saturated heterocycles. The van der Waals surface area contributed by atoms with E-state index >= 15 is 0 Å². The molecule has 1 fully saturated rings. The molecule has 2 aromatic rings. The molecule has 1 aromatic carbocycles. The molecule has 0 aliphatic carbocycles. The second-order valence-electron chi connectivity index (χ2n) is 6.66. The van der Waals surface area contributed by atoms with Crippen molar-refractivity contribution >= 4 is 63.1 Å². The number of hydrogen-bond acceptors (Lipinski definition) is 3. The fraction of sp³-hybridized carbons (Fsp3) is 0.400. The van der Waals surface area contributed by atoms with Crippen molar-refractivity contribution in [1.29, 1.82) is 0 Å². The van der Waals surface area contributed by atoms with Crippen molar-refractivity contribution in [2.75, 3.05) is 26.7 Å². The van der Waals surface area contributed by atoms with E-state index in [0.29, 0.717) is 12.3 Å². The van der Waals surface area contributed by atoms with Crippen LogP contribution in [-0.4, -0.2) is 43.4 Å². The lowest BCUT2D eigenvalue weighted by atomic mass is 10.1. The lowest BCUT2D eigenvalue weighted by Gasteiger charge is -2.18. The van der Waals surface area contributed by atoms with Crippen LogP contribution >= 0.6 is 51.2 Å². The minimum Gasteiger partial charge on any atom is -0.356 e. The minimum absolute atomic E-state index is 0. The van der Waals surface area contributed by atoms with Crippen LogP contribution in [0.1, 0.15) is 16.9 Å². The molecule has 2 heterocycles. The van der Waals surface area contributed by atoms with E-state index in [1.165, 1.54) is 10.4 Å². The number of benzene rings is 1. The van der Waals surface area contributed by atoms with Crippen molar-refractivity contribution in [1.82, 2.24) is 15.5 Å². The maximum atomic E-state index is 12.3. The summed E-state index contributed by atoms with van der Waals surface area (Å²) in [5, 5.41) is 6.68. The average molecular weight is 577 g/mol. The van der Waals surface area contributed by atoms with Gasteiger partial charge in [0.2, 0.25) is 5.91 Å². The predicted octanol–water partition coefficient (Wildman–Crippen LogP) is 3.88. The fourth-order valence-corrected chi connectivity index (χ4v) is 4.62. The Hall–Kier alpha value is -1.13. The Bertz CT molecular complexity index is 784. The minimum atomic E-state index is 0. The first-order valence-corrected chi connectivity index (χ1v) is 10.8. The van der Waals surface area contributed by atoms with Crippen LogP contribution in [0.25, 0.3) is 0 Å². The third kappa shape index (κ3) is 7.04. The topological polar surface area (TPSA) is 56.7 Å². The van der Waals surface area contributed by atoms with Crippen molar-refractivity contribution in [3.8, 4) is 0 Å². The molecule has 1 unspecified atom stereocenters. The number of likely N-dealkylation sites (tertiary alicyclic amines) is 1. The van der Waals surface area contributed by atoms with Crippen molar-refractivity contribution in [2.24, 2.45) is 10.9 Å². The molecule has 3 rings (SSSR count). The molecule has 1 aromatic heterocycles. The first-order valence-electron chi connectivity index (χ1n) is 9.14. The van der Waals surface area contributed by atoms with Crippen molar-refractivity contribution < 1.29 is 4.79 Å². The first-order chi connectivity index (χ1) is 13.1. The van der Waals surface area contributed by atoms with Gasteiger partial charge in [-0.1, -0.05) is 30.3 Å². The molecule has 1 amide bonds. The number of guanidine groups is 1. The molecule has 0 bridgehead atoms. The van der Waals surface area contributed by atoms with Crippen LogP contribution in [0.3, 0.4) is 0 Å². The van der Waals surface area contributed by atoms with Crippen molar-refractivity contribution in [3.05, 3.63) is 56.7 Å². The van der Waals surface area contributed by atoms with Gasteiger partial charge in [-0.05, 0) is 40.0 Å². The zero-order valence-electron chi connectivity index (χ0n) is 15.9. The largest absolute Gasteiger partial charge is 0.356 e. The fourth-order valence-electron chi connectivity index (χ4n) is 3.19. The van der Waals surface area contributed by atoms with Gasteiger partial charge in [-0.25, -0.2) is 0 Å². The Morgan fingerprint density at radius 2 is 2.04 bits per heavy atom. The summed E-state index contributed by atoms with van der Waals surface area (Å²) in [5.41, 5.74) is 1.27. The molecule has 0 spiro atoms. The monoisotopic (exact) mass is 576 g/mol. The van der Waals surface area contributed by atoms with E-state index in [-0.39, 0.29) is 29.9 Å². The second-order valence-corrected chi connectivity index (χ2v) is 9.21. The summed E-state index contributed by atoms with van der Waals surface area (Å²) in [5.74, 6) is 1.35. The highest BCUT2D eigenvalue weighted by atomic mass is 127. The van der Waals surface area contributed by atoms with Crippen LogP contribution in [0.5, 0.6) is 0 Å². The number of amides is 1. The smallest absolute Gasteiger partial charge is 0.223 e. The Morgan fingerprint density at radius 1 is 1.25 bits per heavy atom. The highest BCUT2D eigenvalue weighted by molar-refractivity contribution is 14.0. The van der Waals surface area contributed by atoms with Crippen LogP contribution in [0.15, 0.2) is 51.2 Å². The summed E-state index contributed by atoms with van der Waals surface area (Å²) in [4.78, 5) is 19.8. The summed E-state index contributed by atoms with van der Waals surface area (Å²) in [6.07, 6.45) is 1.52. The van der Waals surface area contributed by atoms with Crippen LogP contribution in [0.2, 0.25) is 0 Å². The Labute approximate surface area is 196 Å². The number of nitrogens with zero attached hydrogens (tertiary/aromatic N) is 2. The molecule has 8 heteroatoms. The molecule has 2 N–H and O–H groups in total. The third-order valence-electron chi connectivity index (χ3n) is 4.65. The maximum absolute atomic E-state index is 12.3. The predicted molar refractivity (Wildman–Crippen MR) is 130 cm³/mol. The van der Waals surface area contributed by atoms with E-state index in [4.69, 9.17) is 0 Å². The van der Waals surface area contributed by atoms with E-state index < -0.39 is 0 Å². The standard InChI is InChI=1S/C20H25BrN4OS.HI/c1-22-20(24-13-17-7-8-18(21)27-17)23-12-16-11-19(26)25(14-16)10-9-15-5-3-2-4-6-15;/h2-8,16H,9-14H2,1H3,(H2,22,23,24);1H. The number of hydrogen-bond donors (Lipinski definition) is 2. The molecular formula is C20H26BrIN4OS. The van der Waals surface area contributed by atoms with E-state index in [9.17, 15) is 4.79 Å². The van der Waals surface area contributed by atoms with Crippen LogP contribution in [-0.2, 0) is 17.8 Å². The molecule has 1 aliphatic heterocycles. The van der Waals surface area contributed by atoms with E-state index in [2.05, 4.69) is 49.8 Å². The summed E-state index contributed by atoms with van der Waals surface area (Å²) < 4.78 is 1.13. The lowest BCUT2D eigenvalue weighted by Crippen LogP contribution is -2.39. The van der Waals surface area contributed by atoms with Gasteiger partial charge in [-0.2, -0.15) is 0 Å². The van der Waals surface area contributed by atoms with E-state index in [1.807, 2.05) is 29.2 Å². The van der Waals surface area contributed by atoms with Gasteiger partial charge in [0.05, 0.1) is 10.3 Å². The number of carbonyl (C=O) groups excluding carboxylic acids is 1. The molecule has 1 atom stereocenters. The van der Waals surface area contributed by atoms with Crippen molar-refractivity contribution in [3.63, 3.8) is 0 Å². The normalized spacial score (nSPS) is 16.8. The number of halogens is 2. The highest BCUT2D eigenvalue weighted by Gasteiger charge is 2.29. The number of thiophene rings is 1. The Morgan fingerprint density at radius 3 is 2.71 bits per heavy atom. The molecule has 28 heavy (non-hydrogen) atoms. The second kappa shape index (κ2) is 11.8. The first kappa shape index (κ1) is 23.2. The number of carbonyl (C=O) groups is 1. The van der Waals surface area contributed by atoms with Crippen LogP contribution in [0, 0.1) is 5.92 Å². The molecule has 5 nitrogen and oxygen atoms in total. The van der Waals surface area contributed by atoms with Gasteiger partial charge in [0.15, 0.2) is 5.96 Å². The van der Waals surface area contributed by atoms with Gasteiger partial charge in [0, 0.05) is 43.9 Å². The molecular weight excluding hydrogens is 551 g/mol. The zero-order valence-corrected chi connectivity index (χ0v) is 20.6. The quantitative estimate of drug-likeness (QED) is 0.299. The molecule has 0 saturated carbocycles.